The molecule has 0 atom stereocenters. The van der Waals surface area contributed by atoms with Gasteiger partial charge in [-0.25, -0.2) is 0 Å². The lowest BCUT2D eigenvalue weighted by molar-refractivity contribution is 0.242. The lowest BCUT2D eigenvalue weighted by atomic mass is 10.2. The standard InChI is InChI=1S/C16H18ClNO2/c1-11(2)20-16-8-7-13(9-14(16)17)18-10-12-5-3-4-6-15(12)19/h3-9,11,18-19H,10H2,1-2H3. The molecular weight excluding hydrogens is 274 g/mol. The minimum atomic E-state index is 0.0903. The first-order chi connectivity index (χ1) is 9.56. The average molecular weight is 292 g/mol. The summed E-state index contributed by atoms with van der Waals surface area (Å²) >= 11 is 6.17. The van der Waals surface area contributed by atoms with Gasteiger partial charge in [-0.15, -0.1) is 0 Å². The van der Waals surface area contributed by atoms with E-state index in [1.165, 1.54) is 0 Å². The van der Waals surface area contributed by atoms with Crippen molar-refractivity contribution in [1.29, 1.82) is 0 Å². The van der Waals surface area contributed by atoms with Crippen LogP contribution in [0.5, 0.6) is 11.5 Å². The fraction of sp³-hybridized carbons (Fsp3) is 0.250. The van der Waals surface area contributed by atoms with Gasteiger partial charge in [0.05, 0.1) is 11.1 Å². The second-order valence-electron chi connectivity index (χ2n) is 4.79. The lowest BCUT2D eigenvalue weighted by Gasteiger charge is -2.13. The van der Waals surface area contributed by atoms with E-state index in [1.807, 2.05) is 44.2 Å². The monoisotopic (exact) mass is 291 g/mol. The highest BCUT2D eigenvalue weighted by Crippen LogP contribution is 2.29. The summed E-state index contributed by atoms with van der Waals surface area (Å²) in [5, 5.41) is 13.5. The molecular formula is C16H18ClNO2. The van der Waals surface area contributed by atoms with E-state index in [4.69, 9.17) is 16.3 Å². The number of anilines is 1. The van der Waals surface area contributed by atoms with Crippen LogP contribution in [0.15, 0.2) is 42.5 Å². The fourth-order valence-electron chi connectivity index (χ4n) is 1.82. The van der Waals surface area contributed by atoms with Gasteiger partial charge in [0.2, 0.25) is 0 Å². The van der Waals surface area contributed by atoms with Crippen molar-refractivity contribution < 1.29 is 9.84 Å². The molecule has 0 bridgehead atoms. The van der Waals surface area contributed by atoms with Crippen molar-refractivity contribution in [2.75, 3.05) is 5.32 Å². The van der Waals surface area contributed by atoms with Gasteiger partial charge in [0.15, 0.2) is 0 Å². The number of hydrogen-bond donors (Lipinski definition) is 2. The molecule has 0 heterocycles. The zero-order valence-corrected chi connectivity index (χ0v) is 12.3. The Labute approximate surface area is 124 Å². The quantitative estimate of drug-likeness (QED) is 0.855. The molecule has 2 aromatic carbocycles. The Morgan fingerprint density at radius 3 is 2.60 bits per heavy atom. The van der Waals surface area contributed by atoms with Crippen LogP contribution in [-0.4, -0.2) is 11.2 Å². The Morgan fingerprint density at radius 2 is 1.95 bits per heavy atom. The van der Waals surface area contributed by atoms with Gasteiger partial charge in [-0.1, -0.05) is 29.8 Å². The number of phenols is 1. The number of aromatic hydroxyl groups is 1. The molecule has 0 aliphatic rings. The van der Waals surface area contributed by atoms with Crippen LogP contribution in [0.25, 0.3) is 0 Å². The summed E-state index contributed by atoms with van der Waals surface area (Å²) in [6, 6.07) is 12.8. The molecule has 4 heteroatoms. The van der Waals surface area contributed by atoms with Crippen molar-refractivity contribution in [2.24, 2.45) is 0 Å². The number of hydrogen-bond acceptors (Lipinski definition) is 3. The largest absolute Gasteiger partial charge is 0.508 e. The Bertz CT molecular complexity index is 584. The van der Waals surface area contributed by atoms with Gasteiger partial charge < -0.3 is 15.2 Å². The third-order valence-electron chi connectivity index (χ3n) is 2.77. The maximum absolute atomic E-state index is 9.70. The molecule has 0 saturated heterocycles. The van der Waals surface area contributed by atoms with Crippen LogP contribution >= 0.6 is 11.6 Å². The van der Waals surface area contributed by atoms with Crippen LogP contribution in [-0.2, 0) is 6.54 Å². The summed E-state index contributed by atoms with van der Waals surface area (Å²) in [7, 11) is 0. The van der Waals surface area contributed by atoms with E-state index in [1.54, 1.807) is 12.1 Å². The number of benzene rings is 2. The highest BCUT2D eigenvalue weighted by Gasteiger charge is 2.05. The van der Waals surface area contributed by atoms with E-state index in [9.17, 15) is 5.11 Å². The van der Waals surface area contributed by atoms with Crippen molar-refractivity contribution in [3.05, 3.63) is 53.1 Å². The first-order valence-electron chi connectivity index (χ1n) is 6.53. The molecule has 0 spiro atoms. The maximum atomic E-state index is 9.70. The molecule has 2 aromatic rings. The summed E-state index contributed by atoms with van der Waals surface area (Å²) in [4.78, 5) is 0. The Hall–Kier alpha value is -1.87. The molecule has 0 aliphatic heterocycles. The molecule has 2 rings (SSSR count). The summed E-state index contributed by atoms with van der Waals surface area (Å²) in [5.41, 5.74) is 1.72. The van der Waals surface area contributed by atoms with Crippen LogP contribution in [0.3, 0.4) is 0 Å². The van der Waals surface area contributed by atoms with Gasteiger partial charge in [0, 0.05) is 17.8 Å². The first-order valence-corrected chi connectivity index (χ1v) is 6.91. The van der Waals surface area contributed by atoms with E-state index >= 15 is 0 Å². The molecule has 0 amide bonds. The SMILES string of the molecule is CC(C)Oc1ccc(NCc2ccccc2O)cc1Cl. The number of nitrogens with one attached hydrogen (secondary N) is 1. The Balaban J connectivity index is 2.04. The van der Waals surface area contributed by atoms with Gasteiger partial charge >= 0.3 is 0 Å². The molecule has 0 aromatic heterocycles. The second-order valence-corrected chi connectivity index (χ2v) is 5.20. The zero-order valence-electron chi connectivity index (χ0n) is 11.6. The van der Waals surface area contributed by atoms with E-state index in [0.717, 1.165) is 11.3 Å². The van der Waals surface area contributed by atoms with Crippen LogP contribution in [0, 0.1) is 0 Å². The Kier molecular flexibility index (Phi) is 4.74. The topological polar surface area (TPSA) is 41.5 Å². The van der Waals surface area contributed by atoms with Gasteiger partial charge in [0.25, 0.3) is 0 Å². The number of para-hydroxylation sites is 1. The highest BCUT2D eigenvalue weighted by molar-refractivity contribution is 6.32. The highest BCUT2D eigenvalue weighted by atomic mass is 35.5. The first kappa shape index (κ1) is 14.5. The van der Waals surface area contributed by atoms with Crippen molar-refractivity contribution in [1.82, 2.24) is 0 Å². The summed E-state index contributed by atoms with van der Waals surface area (Å²) in [5.74, 6) is 0.959. The number of rotatable bonds is 5. The van der Waals surface area contributed by atoms with Crippen LogP contribution < -0.4 is 10.1 Å². The summed E-state index contributed by atoms with van der Waals surface area (Å²) < 4.78 is 5.58. The maximum Gasteiger partial charge on any atom is 0.138 e. The van der Waals surface area contributed by atoms with E-state index in [-0.39, 0.29) is 11.9 Å². The number of phenolic OH excluding ortho intramolecular Hbond substituents is 1. The minimum Gasteiger partial charge on any atom is -0.508 e. The lowest BCUT2D eigenvalue weighted by Crippen LogP contribution is -2.06. The van der Waals surface area contributed by atoms with Crippen molar-refractivity contribution in [3.8, 4) is 11.5 Å². The molecule has 20 heavy (non-hydrogen) atoms. The smallest absolute Gasteiger partial charge is 0.138 e. The van der Waals surface area contributed by atoms with Crippen LogP contribution in [0.4, 0.5) is 5.69 Å². The van der Waals surface area contributed by atoms with Crippen LogP contribution in [0.2, 0.25) is 5.02 Å². The molecule has 2 N–H and O–H groups in total. The predicted octanol–water partition coefficient (Wildman–Crippen LogP) is 4.44. The minimum absolute atomic E-state index is 0.0903. The number of ether oxygens (including phenoxy) is 1. The molecule has 0 fully saturated rings. The van der Waals surface area contributed by atoms with Gasteiger partial charge in [-0.3, -0.25) is 0 Å². The zero-order chi connectivity index (χ0) is 14.5. The second kappa shape index (κ2) is 6.53. The fourth-order valence-corrected chi connectivity index (χ4v) is 2.04. The third kappa shape index (κ3) is 3.81. The predicted molar refractivity (Wildman–Crippen MR) is 82.6 cm³/mol. The van der Waals surface area contributed by atoms with Crippen LogP contribution in [0.1, 0.15) is 19.4 Å². The molecule has 0 saturated carbocycles. The van der Waals surface area contributed by atoms with Gasteiger partial charge in [-0.2, -0.15) is 0 Å². The molecule has 0 radical (unpaired) electrons. The van der Waals surface area contributed by atoms with E-state index in [2.05, 4.69) is 5.32 Å². The van der Waals surface area contributed by atoms with E-state index < -0.39 is 0 Å². The van der Waals surface area contributed by atoms with Gasteiger partial charge in [-0.05, 0) is 38.1 Å². The normalized spacial score (nSPS) is 10.6. The molecule has 106 valence electrons. The average Bonchev–Trinajstić information content (AvgIpc) is 2.40. The van der Waals surface area contributed by atoms with Crippen molar-refractivity contribution in [2.45, 2.75) is 26.5 Å². The van der Waals surface area contributed by atoms with Crippen molar-refractivity contribution >= 4 is 17.3 Å². The summed E-state index contributed by atoms with van der Waals surface area (Å²) in [6.45, 7) is 4.45. The molecule has 3 nitrogen and oxygen atoms in total. The molecule has 0 unspecified atom stereocenters. The third-order valence-corrected chi connectivity index (χ3v) is 3.06. The van der Waals surface area contributed by atoms with E-state index in [0.29, 0.717) is 17.3 Å². The summed E-state index contributed by atoms with van der Waals surface area (Å²) in [6.07, 6.45) is 0.0903. The van der Waals surface area contributed by atoms with Gasteiger partial charge in [0.1, 0.15) is 11.5 Å². The Morgan fingerprint density at radius 1 is 1.20 bits per heavy atom. The molecule has 0 aliphatic carbocycles. The van der Waals surface area contributed by atoms with Crippen molar-refractivity contribution in [3.63, 3.8) is 0 Å². The number of halogens is 1.